The molecule has 0 spiro atoms. The molecule has 0 aliphatic carbocycles. The summed E-state index contributed by atoms with van der Waals surface area (Å²) in [6, 6.07) is 52.4. The van der Waals surface area contributed by atoms with Crippen LogP contribution in [0.5, 0.6) is 0 Å². The standard InChI is InChI=1S/2C29H32F2O4.C4H9O.BrH.Mg/c1-3-28(32)21(2)25(33-19-22-13-7-4-8-14-22)26(34-20-23-15-9-5-10-16-23)27(35-28)29(30,31)24-17-11-6-12-18-24;1-3-25-21(2)26(33-19-22-13-7-4-8-14-22)27(34-20-23-15-9-5-10-16-23)29(32,35-25)28(30,31)24-17-11-6-12-18-24;1-4(2,3)5;;/h2*4-18,21,25-27,32H,3,19-20H2,1-2H3;1-3H3;1H;/q;;-1;;+2/p-1/t21-,25-,26+,27+,28+;21-,25-,26+,27-,29-;;;/m01.../s1. The van der Waals surface area contributed by atoms with Crippen molar-refractivity contribution in [2.24, 2.45) is 11.8 Å². The number of hydrogen-bond acceptors (Lipinski definition) is 9. The Labute approximate surface area is 479 Å². The molecule has 0 bridgehead atoms. The van der Waals surface area contributed by atoms with Crippen LogP contribution in [-0.4, -0.2) is 87.1 Å². The Hall–Kier alpha value is -4.07. The van der Waals surface area contributed by atoms with Gasteiger partial charge in [-0.3, -0.25) is 0 Å². The molecule has 2 heterocycles. The first-order valence-electron chi connectivity index (χ1n) is 25.7. The van der Waals surface area contributed by atoms with Crippen LogP contribution in [0, 0.1) is 11.8 Å². The van der Waals surface area contributed by atoms with Crippen LogP contribution in [0.25, 0.3) is 0 Å². The fourth-order valence-corrected chi connectivity index (χ4v) is 9.22. The minimum absolute atomic E-state index is 0. The number of hydrogen-bond donors (Lipinski definition) is 2. The number of alkyl halides is 4. The zero-order valence-corrected chi connectivity index (χ0v) is 48.0. The number of ether oxygens (including phenoxy) is 6. The maximum absolute atomic E-state index is 16.1. The maximum atomic E-state index is 16.1. The first-order valence-corrected chi connectivity index (χ1v) is 25.7. The Balaban J connectivity index is 0.000000298. The van der Waals surface area contributed by atoms with Crippen LogP contribution in [0.1, 0.15) is 94.7 Å². The summed E-state index contributed by atoms with van der Waals surface area (Å²) in [5.41, 5.74) is 2.15. The summed E-state index contributed by atoms with van der Waals surface area (Å²) in [6.07, 6.45) is -6.08. The van der Waals surface area contributed by atoms with E-state index in [0.29, 0.717) is 6.42 Å². The van der Waals surface area contributed by atoms with Crippen LogP contribution in [0.3, 0.4) is 0 Å². The second-order valence-corrected chi connectivity index (χ2v) is 20.2. The van der Waals surface area contributed by atoms with Gasteiger partial charge >= 0.3 is 34.9 Å². The van der Waals surface area contributed by atoms with Gasteiger partial charge in [-0.25, -0.2) is 0 Å². The first kappa shape index (κ1) is 65.4. The van der Waals surface area contributed by atoms with E-state index in [2.05, 4.69) is 0 Å². The van der Waals surface area contributed by atoms with E-state index >= 15 is 17.6 Å². The smallest absolute Gasteiger partial charge is 1.00 e. The summed E-state index contributed by atoms with van der Waals surface area (Å²) in [5, 5.41) is 33.1. The van der Waals surface area contributed by atoms with Crippen molar-refractivity contribution >= 4 is 23.1 Å². The average molecular weight is 1140 g/mol. The van der Waals surface area contributed by atoms with Crippen molar-refractivity contribution in [3.63, 3.8) is 0 Å². The van der Waals surface area contributed by atoms with Crippen LogP contribution >= 0.6 is 0 Å². The molecule has 0 amide bonds. The van der Waals surface area contributed by atoms with Crippen LogP contribution in [-0.2, 0) is 66.7 Å². The fourth-order valence-electron chi connectivity index (χ4n) is 9.22. The molecular formula is C62H73BrF4MgO9. The Morgan fingerprint density at radius 3 is 1.23 bits per heavy atom. The van der Waals surface area contributed by atoms with E-state index in [1.165, 1.54) is 36.4 Å². The Morgan fingerprint density at radius 1 is 0.519 bits per heavy atom. The van der Waals surface area contributed by atoms with Gasteiger partial charge in [0.2, 0.25) is 0 Å². The van der Waals surface area contributed by atoms with Crippen molar-refractivity contribution in [2.45, 2.75) is 153 Å². The van der Waals surface area contributed by atoms with E-state index in [1.807, 2.05) is 135 Å². The molecular weight excluding hydrogens is 1070 g/mol. The molecule has 77 heavy (non-hydrogen) atoms. The molecule has 6 aromatic carbocycles. The SMILES string of the molecule is CC(C)(C)[O-].CC[C@@]1(O)O[C@@H](C(F)(F)c2ccccc2)[C@H](OCc2ccccc2)[C@@H](OCc2ccccc2)[C@@H]1C.CC[C@H]1O[C@@](O)(C(F)(F)c2ccccc2)[C@H](OCc2ccccc2)[C@@H](OCc2ccccc2)[C@@H]1C.[Br-].[Mg+2]. The summed E-state index contributed by atoms with van der Waals surface area (Å²) in [4.78, 5) is 0. The van der Waals surface area contributed by atoms with Gasteiger partial charge in [0.25, 0.3) is 5.79 Å². The van der Waals surface area contributed by atoms with E-state index in [1.54, 1.807) is 58.9 Å². The zero-order chi connectivity index (χ0) is 54.3. The molecule has 0 saturated carbocycles. The topological polar surface area (TPSA) is 119 Å². The van der Waals surface area contributed by atoms with E-state index < -0.39 is 71.6 Å². The van der Waals surface area contributed by atoms with Gasteiger partial charge in [0.1, 0.15) is 12.2 Å². The van der Waals surface area contributed by atoms with Crippen LogP contribution in [0.15, 0.2) is 182 Å². The molecule has 2 aliphatic heterocycles. The summed E-state index contributed by atoms with van der Waals surface area (Å²) < 4.78 is 101. The van der Waals surface area contributed by atoms with Gasteiger partial charge in [0, 0.05) is 23.0 Å². The fraction of sp³-hybridized carbons (Fsp3) is 0.419. The van der Waals surface area contributed by atoms with Crippen molar-refractivity contribution in [2.75, 3.05) is 0 Å². The molecule has 9 nitrogen and oxygen atoms in total. The molecule has 2 fully saturated rings. The summed E-state index contributed by atoms with van der Waals surface area (Å²) in [7, 11) is 0. The number of halogens is 5. The van der Waals surface area contributed by atoms with Gasteiger partial charge < -0.3 is 60.7 Å². The maximum Gasteiger partial charge on any atom is 2.00 e. The molecule has 8 rings (SSSR count). The summed E-state index contributed by atoms with van der Waals surface area (Å²) in [5.74, 6) is -12.8. The normalized spacial score (nSPS) is 25.3. The predicted octanol–water partition coefficient (Wildman–Crippen LogP) is 8.93. The first-order chi connectivity index (χ1) is 35.7. The molecule has 0 radical (unpaired) electrons. The third-order valence-corrected chi connectivity index (χ3v) is 13.4. The van der Waals surface area contributed by atoms with Gasteiger partial charge in [-0.1, -0.05) is 230 Å². The number of aliphatic hydroxyl groups is 2. The monoisotopic (exact) mass is 1140 g/mol. The second-order valence-electron chi connectivity index (χ2n) is 20.2. The minimum atomic E-state index is -3.75. The molecule has 15 heteroatoms. The van der Waals surface area contributed by atoms with Crippen molar-refractivity contribution in [3.05, 3.63) is 215 Å². The predicted molar refractivity (Wildman–Crippen MR) is 285 cm³/mol. The molecule has 412 valence electrons. The number of benzene rings is 6. The van der Waals surface area contributed by atoms with Crippen molar-refractivity contribution in [1.29, 1.82) is 0 Å². The van der Waals surface area contributed by atoms with Crippen LogP contribution in [0.2, 0.25) is 0 Å². The van der Waals surface area contributed by atoms with E-state index in [0.717, 1.165) is 22.3 Å². The van der Waals surface area contributed by atoms with E-state index in [9.17, 15) is 15.3 Å². The van der Waals surface area contributed by atoms with E-state index in [4.69, 9.17) is 28.4 Å². The number of rotatable bonds is 18. The minimum Gasteiger partial charge on any atom is -1.00 e. The van der Waals surface area contributed by atoms with Crippen molar-refractivity contribution in [3.8, 4) is 0 Å². The molecule has 0 aromatic heterocycles. The van der Waals surface area contributed by atoms with Crippen molar-refractivity contribution < 1.29 is 78.3 Å². The van der Waals surface area contributed by atoms with Gasteiger partial charge in [0.15, 0.2) is 11.9 Å². The zero-order valence-electron chi connectivity index (χ0n) is 45.0. The van der Waals surface area contributed by atoms with E-state index in [-0.39, 0.29) is 89.9 Å². The molecule has 2 saturated heterocycles. The van der Waals surface area contributed by atoms with Crippen molar-refractivity contribution in [1.82, 2.24) is 0 Å². The van der Waals surface area contributed by atoms with Crippen LogP contribution in [0.4, 0.5) is 17.6 Å². The van der Waals surface area contributed by atoms with Gasteiger partial charge in [-0.15, -0.1) is 5.60 Å². The molecule has 10 atom stereocenters. The molecule has 2 aliphatic rings. The quantitative estimate of drug-likeness (QED) is 0.0643. The Bertz CT molecular complexity index is 2510. The Morgan fingerprint density at radius 2 is 0.857 bits per heavy atom. The largest absolute Gasteiger partial charge is 2.00 e. The van der Waals surface area contributed by atoms with Crippen LogP contribution < -0.4 is 22.1 Å². The summed E-state index contributed by atoms with van der Waals surface area (Å²) >= 11 is 0. The second kappa shape index (κ2) is 29.9. The molecule has 0 unspecified atom stereocenters. The average Bonchev–Trinajstić information content (AvgIpc) is 3.42. The van der Waals surface area contributed by atoms with Gasteiger partial charge in [0.05, 0.1) is 44.7 Å². The molecule has 2 N–H and O–H groups in total. The Kier molecular flexibility index (Phi) is 25.4. The van der Waals surface area contributed by atoms with Gasteiger partial charge in [-0.2, -0.15) is 17.6 Å². The van der Waals surface area contributed by atoms with Gasteiger partial charge in [-0.05, 0) is 35.1 Å². The third-order valence-electron chi connectivity index (χ3n) is 13.4. The molecule has 6 aromatic rings. The summed E-state index contributed by atoms with van der Waals surface area (Å²) in [6.45, 7) is 12.6. The third kappa shape index (κ3) is 17.5.